The number of unbranched alkanes of at least 4 members (excludes halogenated alkanes) is 1. The highest BCUT2D eigenvalue weighted by atomic mass is 35.5. The van der Waals surface area contributed by atoms with Crippen molar-refractivity contribution in [3.63, 3.8) is 0 Å². The number of hydrogen-bond donors (Lipinski definition) is 2. The minimum absolute atomic E-state index is 0.226. The van der Waals surface area contributed by atoms with Gasteiger partial charge in [-0.3, -0.25) is 0 Å². The Morgan fingerprint density at radius 1 is 1.04 bits per heavy atom. The molecule has 144 valence electrons. The molecule has 7 heteroatoms. The smallest absolute Gasteiger partial charge is 0.335 e. The Balaban J connectivity index is 0.000000377. The molecule has 0 heterocycles. The molecular formula is C20H22ClNO5. The summed E-state index contributed by atoms with van der Waals surface area (Å²) in [5.74, 6) is -0.770. The number of halogens is 1. The van der Waals surface area contributed by atoms with Crippen LogP contribution in [-0.2, 0) is 9.53 Å². The fourth-order valence-corrected chi connectivity index (χ4v) is 1.91. The van der Waals surface area contributed by atoms with Gasteiger partial charge in [-0.05, 0) is 61.4 Å². The van der Waals surface area contributed by atoms with Crippen molar-refractivity contribution in [2.45, 2.75) is 12.8 Å². The molecule has 27 heavy (non-hydrogen) atoms. The Morgan fingerprint density at radius 2 is 1.63 bits per heavy atom. The van der Waals surface area contributed by atoms with E-state index in [4.69, 9.17) is 31.9 Å². The zero-order valence-corrected chi connectivity index (χ0v) is 15.5. The standard InChI is InChI=1S/C14H16O5.C6H6ClN/c1-2-13(15)19-10-4-3-9-18-12-7-5-11(6-8-12)14(16)17;7-5-1-3-6(8)4-2-5/h2,5-8H,1,3-4,9-10H2,(H,16,17);1-4H,8H2. The second-order valence-corrected chi connectivity index (χ2v) is 5.74. The molecule has 0 saturated heterocycles. The molecule has 2 rings (SSSR count). The van der Waals surface area contributed by atoms with Crippen molar-refractivity contribution in [3.8, 4) is 5.75 Å². The number of aromatic carboxylic acids is 1. The van der Waals surface area contributed by atoms with Crippen molar-refractivity contribution >= 4 is 29.2 Å². The number of esters is 1. The third-order valence-corrected chi connectivity index (χ3v) is 3.44. The molecule has 0 radical (unpaired) electrons. The number of ether oxygens (including phenoxy) is 2. The topological polar surface area (TPSA) is 98.8 Å². The molecule has 2 aromatic carbocycles. The summed E-state index contributed by atoms with van der Waals surface area (Å²) in [5, 5.41) is 9.45. The number of nitrogens with two attached hydrogens (primary N) is 1. The van der Waals surface area contributed by atoms with E-state index in [0.717, 1.165) is 23.2 Å². The molecule has 2 aromatic rings. The monoisotopic (exact) mass is 391 g/mol. The van der Waals surface area contributed by atoms with Crippen LogP contribution in [0.25, 0.3) is 0 Å². The molecule has 0 amide bonds. The molecule has 0 spiro atoms. The number of benzene rings is 2. The van der Waals surface area contributed by atoms with Gasteiger partial charge in [0.05, 0.1) is 18.8 Å². The number of carbonyl (C=O) groups excluding carboxylic acids is 1. The second kappa shape index (κ2) is 12.4. The first-order valence-corrected chi connectivity index (χ1v) is 8.56. The van der Waals surface area contributed by atoms with E-state index in [1.165, 1.54) is 12.1 Å². The van der Waals surface area contributed by atoms with E-state index in [-0.39, 0.29) is 5.56 Å². The predicted molar refractivity (Wildman–Crippen MR) is 105 cm³/mol. The molecule has 0 saturated carbocycles. The van der Waals surface area contributed by atoms with Gasteiger partial charge < -0.3 is 20.3 Å². The summed E-state index contributed by atoms with van der Waals surface area (Å²) in [6.07, 6.45) is 2.57. The summed E-state index contributed by atoms with van der Waals surface area (Å²) in [5.41, 5.74) is 6.34. The fraction of sp³-hybridized carbons (Fsp3) is 0.200. The Hall–Kier alpha value is -2.99. The van der Waals surface area contributed by atoms with Gasteiger partial charge in [0, 0.05) is 16.8 Å². The van der Waals surface area contributed by atoms with Crippen molar-refractivity contribution in [2.24, 2.45) is 0 Å². The minimum Gasteiger partial charge on any atom is -0.494 e. The van der Waals surface area contributed by atoms with Gasteiger partial charge in [-0.25, -0.2) is 9.59 Å². The summed E-state index contributed by atoms with van der Waals surface area (Å²) in [6, 6.07) is 13.3. The molecule has 0 aromatic heterocycles. The molecule has 0 aliphatic heterocycles. The van der Waals surface area contributed by atoms with Crippen molar-refractivity contribution in [1.29, 1.82) is 0 Å². The molecule has 0 bridgehead atoms. The van der Waals surface area contributed by atoms with Gasteiger partial charge >= 0.3 is 11.9 Å². The van der Waals surface area contributed by atoms with Crippen LogP contribution in [0.4, 0.5) is 5.69 Å². The van der Waals surface area contributed by atoms with Gasteiger partial charge in [0.1, 0.15) is 5.75 Å². The molecule has 0 aliphatic carbocycles. The third-order valence-electron chi connectivity index (χ3n) is 3.19. The van der Waals surface area contributed by atoms with E-state index >= 15 is 0 Å². The fourth-order valence-electron chi connectivity index (χ4n) is 1.78. The number of hydrogen-bond acceptors (Lipinski definition) is 5. The first kappa shape index (κ1) is 22.1. The molecule has 0 atom stereocenters. The quantitative estimate of drug-likeness (QED) is 0.303. The van der Waals surface area contributed by atoms with Gasteiger partial charge in [-0.15, -0.1) is 0 Å². The van der Waals surface area contributed by atoms with E-state index in [2.05, 4.69) is 6.58 Å². The Kier molecular flexibility index (Phi) is 10.1. The van der Waals surface area contributed by atoms with E-state index in [0.29, 0.717) is 25.4 Å². The first-order chi connectivity index (χ1) is 12.9. The number of carboxylic acids is 1. The average Bonchev–Trinajstić information content (AvgIpc) is 2.67. The molecule has 6 nitrogen and oxygen atoms in total. The lowest BCUT2D eigenvalue weighted by molar-refractivity contribution is -0.137. The Morgan fingerprint density at radius 3 is 2.15 bits per heavy atom. The summed E-state index contributed by atoms with van der Waals surface area (Å²) in [4.78, 5) is 21.4. The van der Waals surface area contributed by atoms with E-state index in [1.54, 1.807) is 36.4 Å². The number of anilines is 1. The van der Waals surface area contributed by atoms with Crippen LogP contribution < -0.4 is 10.5 Å². The maximum atomic E-state index is 10.7. The van der Waals surface area contributed by atoms with Crippen molar-refractivity contribution in [1.82, 2.24) is 0 Å². The van der Waals surface area contributed by atoms with Crippen molar-refractivity contribution in [2.75, 3.05) is 18.9 Å². The Labute approximate surface area is 163 Å². The number of carbonyl (C=O) groups is 2. The van der Waals surface area contributed by atoms with Crippen LogP contribution in [0.1, 0.15) is 23.2 Å². The van der Waals surface area contributed by atoms with Crippen LogP contribution in [0.2, 0.25) is 5.02 Å². The average molecular weight is 392 g/mol. The van der Waals surface area contributed by atoms with Gasteiger partial charge in [0.2, 0.25) is 0 Å². The van der Waals surface area contributed by atoms with Gasteiger partial charge in [-0.2, -0.15) is 0 Å². The third kappa shape index (κ3) is 9.91. The SMILES string of the molecule is C=CC(=O)OCCCCOc1ccc(C(=O)O)cc1.Nc1ccc(Cl)cc1. The first-order valence-electron chi connectivity index (χ1n) is 8.18. The summed E-state index contributed by atoms with van der Waals surface area (Å²) >= 11 is 5.56. The maximum absolute atomic E-state index is 10.7. The van der Waals surface area contributed by atoms with E-state index in [9.17, 15) is 9.59 Å². The highest BCUT2D eigenvalue weighted by Gasteiger charge is 2.02. The van der Waals surface area contributed by atoms with Crippen LogP contribution >= 0.6 is 11.6 Å². The zero-order valence-electron chi connectivity index (χ0n) is 14.8. The van der Waals surface area contributed by atoms with Gasteiger partial charge in [0.25, 0.3) is 0 Å². The highest BCUT2D eigenvalue weighted by molar-refractivity contribution is 6.30. The van der Waals surface area contributed by atoms with E-state index < -0.39 is 11.9 Å². The van der Waals surface area contributed by atoms with Crippen LogP contribution in [0.3, 0.4) is 0 Å². The van der Waals surface area contributed by atoms with Crippen LogP contribution in [0.5, 0.6) is 5.75 Å². The molecule has 3 N–H and O–H groups in total. The predicted octanol–water partition coefficient (Wildman–Crippen LogP) is 4.20. The minimum atomic E-state index is -0.962. The van der Waals surface area contributed by atoms with Crippen LogP contribution in [-0.4, -0.2) is 30.3 Å². The van der Waals surface area contributed by atoms with Crippen molar-refractivity contribution < 1.29 is 24.2 Å². The zero-order chi connectivity index (χ0) is 20.1. The molecule has 0 fully saturated rings. The van der Waals surface area contributed by atoms with Gasteiger partial charge in [0.15, 0.2) is 0 Å². The van der Waals surface area contributed by atoms with Crippen LogP contribution in [0.15, 0.2) is 61.2 Å². The molecular weight excluding hydrogens is 370 g/mol. The number of nitrogen functional groups attached to an aromatic ring is 1. The molecule has 0 unspecified atom stereocenters. The van der Waals surface area contributed by atoms with Crippen LogP contribution in [0, 0.1) is 0 Å². The normalized spacial score (nSPS) is 9.52. The number of carboxylic acid groups (broad SMARTS) is 1. The van der Waals surface area contributed by atoms with E-state index in [1.807, 2.05) is 0 Å². The summed E-state index contributed by atoms with van der Waals surface area (Å²) in [6.45, 7) is 4.12. The molecule has 0 aliphatic rings. The van der Waals surface area contributed by atoms with Crippen molar-refractivity contribution in [3.05, 3.63) is 71.8 Å². The lowest BCUT2D eigenvalue weighted by Gasteiger charge is -2.06. The second-order valence-electron chi connectivity index (χ2n) is 5.31. The lowest BCUT2D eigenvalue weighted by atomic mass is 10.2. The van der Waals surface area contributed by atoms with Gasteiger partial charge in [-0.1, -0.05) is 18.2 Å². The highest BCUT2D eigenvalue weighted by Crippen LogP contribution is 2.12. The number of rotatable bonds is 8. The lowest BCUT2D eigenvalue weighted by Crippen LogP contribution is -2.04. The summed E-state index contributed by atoms with van der Waals surface area (Å²) in [7, 11) is 0. The largest absolute Gasteiger partial charge is 0.494 e. The maximum Gasteiger partial charge on any atom is 0.335 e. The Bertz CT molecular complexity index is 708. The summed E-state index contributed by atoms with van der Waals surface area (Å²) < 4.78 is 10.2.